The van der Waals surface area contributed by atoms with E-state index < -0.39 is 9.84 Å². The maximum Gasteiger partial charge on any atom is 0.241 e. The Labute approximate surface area is 164 Å². The predicted octanol–water partition coefficient (Wildman–Crippen LogP) is 2.40. The molecule has 0 bridgehead atoms. The lowest BCUT2D eigenvalue weighted by Crippen LogP contribution is -2.62. The second-order valence-corrected chi connectivity index (χ2v) is 9.75. The Morgan fingerprint density at radius 1 is 0.963 bits per heavy atom. The monoisotopic (exact) mass is 404 g/mol. The van der Waals surface area contributed by atoms with Crippen molar-refractivity contribution < 1.29 is 13.2 Å². The highest BCUT2D eigenvalue weighted by Gasteiger charge is 2.49. The smallest absolute Gasteiger partial charge is 0.241 e. The highest BCUT2D eigenvalue weighted by Crippen LogP contribution is 2.32. The van der Waals surface area contributed by atoms with Gasteiger partial charge in [0.15, 0.2) is 9.84 Å². The van der Waals surface area contributed by atoms with Crippen molar-refractivity contribution in [2.45, 2.75) is 18.5 Å². The van der Waals surface area contributed by atoms with Gasteiger partial charge in [-0.15, -0.1) is 0 Å². The number of amides is 1. The second-order valence-electron chi connectivity index (χ2n) is 7.16. The van der Waals surface area contributed by atoms with Crippen molar-refractivity contribution in [2.24, 2.45) is 0 Å². The summed E-state index contributed by atoms with van der Waals surface area (Å²) in [7, 11) is -3.18. The van der Waals surface area contributed by atoms with Crippen LogP contribution in [0.1, 0.15) is 5.56 Å². The van der Waals surface area contributed by atoms with Crippen LogP contribution in [0.25, 0.3) is 0 Å². The van der Waals surface area contributed by atoms with Gasteiger partial charge in [-0.1, -0.05) is 41.9 Å². The summed E-state index contributed by atoms with van der Waals surface area (Å²) in [4.78, 5) is 16.6. The zero-order valence-corrected chi connectivity index (χ0v) is 16.4. The van der Waals surface area contributed by atoms with Crippen LogP contribution < -0.4 is 4.90 Å². The molecule has 2 aromatic rings. The number of rotatable bonds is 4. The summed E-state index contributed by atoms with van der Waals surface area (Å²) in [5, 5.41) is 0.586. The predicted molar refractivity (Wildman–Crippen MR) is 107 cm³/mol. The summed E-state index contributed by atoms with van der Waals surface area (Å²) in [6.07, 6.45) is 0.790. The summed E-state index contributed by atoms with van der Waals surface area (Å²) >= 11 is 5.96. The van der Waals surface area contributed by atoms with Crippen molar-refractivity contribution in [3.8, 4) is 0 Å². The fourth-order valence-corrected chi connectivity index (χ4v) is 6.16. The lowest BCUT2D eigenvalue weighted by Gasteiger charge is -2.43. The molecule has 2 fully saturated rings. The summed E-state index contributed by atoms with van der Waals surface area (Å²) in [6, 6.07) is 16.5. The third-order valence-electron chi connectivity index (χ3n) is 5.34. The highest BCUT2D eigenvalue weighted by molar-refractivity contribution is 7.91. The number of carbonyl (C=O) groups is 1. The molecule has 4 rings (SSSR count). The van der Waals surface area contributed by atoms with E-state index in [0.717, 1.165) is 6.42 Å². The first-order valence-corrected chi connectivity index (χ1v) is 11.2. The zero-order valence-electron chi connectivity index (χ0n) is 14.8. The van der Waals surface area contributed by atoms with Gasteiger partial charge in [0.05, 0.1) is 24.1 Å². The molecule has 142 valence electrons. The molecule has 1 amide bonds. The number of halogens is 1. The van der Waals surface area contributed by atoms with E-state index in [1.54, 1.807) is 29.2 Å². The molecule has 0 radical (unpaired) electrons. The average Bonchev–Trinajstić information content (AvgIpc) is 2.97. The van der Waals surface area contributed by atoms with Gasteiger partial charge >= 0.3 is 0 Å². The molecule has 2 heterocycles. The van der Waals surface area contributed by atoms with Crippen molar-refractivity contribution in [1.82, 2.24) is 4.90 Å². The molecule has 2 aromatic carbocycles. The summed E-state index contributed by atoms with van der Waals surface area (Å²) in [5.74, 6) is 0.0428. The summed E-state index contributed by atoms with van der Waals surface area (Å²) < 4.78 is 24.7. The van der Waals surface area contributed by atoms with E-state index in [1.807, 2.05) is 23.1 Å². The standard InChI is InChI=1S/C20H21ClN2O3S/c21-16-6-8-17(9-7-16)23-19-14-27(25,26)13-18(19)22(12-20(23)24)11-10-15-4-2-1-3-5-15/h1-9,18-19H,10-14H2/t18-,19+/m0/s1. The zero-order chi connectivity index (χ0) is 19.0. The molecule has 7 heteroatoms. The Morgan fingerprint density at radius 3 is 2.33 bits per heavy atom. The third kappa shape index (κ3) is 3.88. The average molecular weight is 405 g/mol. The maximum absolute atomic E-state index is 12.9. The fourth-order valence-electron chi connectivity index (χ4n) is 4.06. The normalized spacial score (nSPS) is 24.8. The van der Waals surface area contributed by atoms with Gasteiger partial charge < -0.3 is 4.90 Å². The van der Waals surface area contributed by atoms with E-state index in [0.29, 0.717) is 17.3 Å². The Hall–Kier alpha value is -1.89. The van der Waals surface area contributed by atoms with Gasteiger partial charge in [-0.05, 0) is 36.2 Å². The third-order valence-corrected chi connectivity index (χ3v) is 7.29. The first kappa shape index (κ1) is 18.5. The Morgan fingerprint density at radius 2 is 1.63 bits per heavy atom. The summed E-state index contributed by atoms with van der Waals surface area (Å²) in [6.45, 7) is 0.896. The summed E-state index contributed by atoms with van der Waals surface area (Å²) in [5.41, 5.74) is 1.89. The quantitative estimate of drug-likeness (QED) is 0.785. The van der Waals surface area contributed by atoms with Crippen molar-refractivity contribution in [2.75, 3.05) is 29.5 Å². The van der Waals surface area contributed by atoms with Crippen LogP contribution in [0, 0.1) is 0 Å². The number of benzene rings is 2. The lowest BCUT2D eigenvalue weighted by atomic mass is 10.0. The second kappa shape index (κ2) is 7.26. The van der Waals surface area contributed by atoms with Gasteiger partial charge in [-0.2, -0.15) is 0 Å². The van der Waals surface area contributed by atoms with Gasteiger partial charge in [-0.25, -0.2) is 8.42 Å². The van der Waals surface area contributed by atoms with Crippen LogP contribution in [-0.2, 0) is 21.1 Å². The minimum absolute atomic E-state index is 0.00781. The molecular formula is C20H21ClN2O3S. The molecule has 0 unspecified atom stereocenters. The first-order valence-electron chi connectivity index (χ1n) is 8.99. The lowest BCUT2D eigenvalue weighted by molar-refractivity contribution is -0.123. The van der Waals surface area contributed by atoms with Gasteiger partial charge in [0.25, 0.3) is 0 Å². The van der Waals surface area contributed by atoms with E-state index in [-0.39, 0.29) is 36.0 Å². The largest absolute Gasteiger partial charge is 0.306 e. The van der Waals surface area contributed by atoms with Gasteiger partial charge in [0, 0.05) is 23.3 Å². The van der Waals surface area contributed by atoms with Crippen LogP contribution >= 0.6 is 11.6 Å². The number of anilines is 1. The topological polar surface area (TPSA) is 57.7 Å². The van der Waals surface area contributed by atoms with Crippen molar-refractivity contribution in [1.29, 1.82) is 0 Å². The molecule has 2 aliphatic rings. The van der Waals surface area contributed by atoms with Gasteiger partial charge in [0.1, 0.15) is 0 Å². The Balaban J connectivity index is 1.59. The molecule has 0 spiro atoms. The van der Waals surface area contributed by atoms with Crippen LogP contribution in [0.5, 0.6) is 0 Å². The Kier molecular flexibility index (Phi) is 4.97. The van der Waals surface area contributed by atoms with E-state index in [2.05, 4.69) is 12.1 Å². The molecule has 2 saturated heterocycles. The maximum atomic E-state index is 12.9. The SMILES string of the molecule is O=C1CN(CCc2ccccc2)[C@H]2CS(=O)(=O)C[C@H]2N1c1ccc(Cl)cc1. The van der Waals surface area contributed by atoms with Gasteiger partial charge in [0.2, 0.25) is 5.91 Å². The number of piperazine rings is 1. The van der Waals surface area contributed by atoms with Crippen molar-refractivity contribution >= 4 is 33.0 Å². The number of carbonyl (C=O) groups excluding carboxylic acids is 1. The minimum atomic E-state index is -3.18. The molecule has 0 aromatic heterocycles. The fraction of sp³-hybridized carbons (Fsp3) is 0.350. The molecule has 27 heavy (non-hydrogen) atoms. The van der Waals surface area contributed by atoms with Crippen LogP contribution in [0.4, 0.5) is 5.69 Å². The number of sulfone groups is 1. The Bertz CT molecular complexity index is 931. The number of hydrogen-bond acceptors (Lipinski definition) is 4. The first-order chi connectivity index (χ1) is 12.9. The number of hydrogen-bond donors (Lipinski definition) is 0. The molecule has 0 saturated carbocycles. The van der Waals surface area contributed by atoms with Crippen LogP contribution in [0.2, 0.25) is 5.02 Å². The molecule has 2 atom stereocenters. The minimum Gasteiger partial charge on any atom is -0.306 e. The molecular weight excluding hydrogens is 384 g/mol. The molecule has 5 nitrogen and oxygen atoms in total. The number of fused-ring (bicyclic) bond motifs is 1. The van der Waals surface area contributed by atoms with Crippen LogP contribution in [0.15, 0.2) is 54.6 Å². The van der Waals surface area contributed by atoms with Crippen LogP contribution in [-0.4, -0.2) is 55.9 Å². The van der Waals surface area contributed by atoms with E-state index in [4.69, 9.17) is 11.6 Å². The van der Waals surface area contributed by atoms with Crippen LogP contribution in [0.3, 0.4) is 0 Å². The van der Waals surface area contributed by atoms with E-state index in [9.17, 15) is 13.2 Å². The molecule has 2 aliphatic heterocycles. The molecule has 0 N–H and O–H groups in total. The van der Waals surface area contributed by atoms with Crippen molar-refractivity contribution in [3.63, 3.8) is 0 Å². The van der Waals surface area contributed by atoms with Gasteiger partial charge in [-0.3, -0.25) is 9.69 Å². The van der Waals surface area contributed by atoms with E-state index >= 15 is 0 Å². The van der Waals surface area contributed by atoms with E-state index in [1.165, 1.54) is 5.56 Å². The number of nitrogens with zero attached hydrogens (tertiary/aromatic N) is 2. The molecule has 0 aliphatic carbocycles. The van der Waals surface area contributed by atoms with Crippen molar-refractivity contribution in [3.05, 3.63) is 65.2 Å². The highest BCUT2D eigenvalue weighted by atomic mass is 35.5.